The highest BCUT2D eigenvalue weighted by Gasteiger charge is 2.26. The predicted octanol–water partition coefficient (Wildman–Crippen LogP) is 7.74. The molecule has 2 unspecified atom stereocenters. The van der Waals surface area contributed by atoms with E-state index < -0.39 is 5.97 Å². The highest BCUT2D eigenvalue weighted by Crippen LogP contribution is 2.37. The minimum Gasteiger partial charge on any atom is -0.415 e. The molecule has 3 aromatic carbocycles. The van der Waals surface area contributed by atoms with E-state index in [1.807, 2.05) is 44.4 Å². The first kappa shape index (κ1) is 29.8. The number of likely N-dealkylation sites (N-methyl/N-ethyl adjacent to an activating group) is 2. The molecule has 6 nitrogen and oxygen atoms in total. The SMILES string of the molecule is CCCC(CN(C)c1ncnc(N(C)CC(CCC)c2ccccc2)c1OC(=O)c1ccccc1)c1ccccc1. The van der Waals surface area contributed by atoms with Crippen LogP contribution >= 0.6 is 0 Å². The topological polar surface area (TPSA) is 58.6 Å². The lowest BCUT2D eigenvalue weighted by Gasteiger charge is -2.30. The molecule has 1 aromatic heterocycles. The first-order chi connectivity index (χ1) is 20.0. The average Bonchev–Trinajstić information content (AvgIpc) is 3.02. The van der Waals surface area contributed by atoms with Gasteiger partial charge >= 0.3 is 5.97 Å². The second-order valence-electron chi connectivity index (χ2n) is 10.7. The first-order valence-corrected chi connectivity index (χ1v) is 14.7. The Labute approximate surface area is 245 Å². The number of aromatic nitrogens is 2. The van der Waals surface area contributed by atoms with Gasteiger partial charge in [0.2, 0.25) is 5.75 Å². The second kappa shape index (κ2) is 15.0. The molecule has 0 amide bonds. The van der Waals surface area contributed by atoms with Gasteiger partial charge < -0.3 is 14.5 Å². The fourth-order valence-corrected chi connectivity index (χ4v) is 5.42. The quantitative estimate of drug-likeness (QED) is 0.150. The molecule has 41 heavy (non-hydrogen) atoms. The lowest BCUT2D eigenvalue weighted by atomic mass is 9.94. The first-order valence-electron chi connectivity index (χ1n) is 14.7. The van der Waals surface area contributed by atoms with Gasteiger partial charge in [0.25, 0.3) is 0 Å². The number of esters is 1. The van der Waals surface area contributed by atoms with Crippen molar-refractivity contribution in [1.29, 1.82) is 0 Å². The third kappa shape index (κ3) is 7.94. The lowest BCUT2D eigenvalue weighted by Crippen LogP contribution is -2.29. The van der Waals surface area contributed by atoms with Gasteiger partial charge in [-0.15, -0.1) is 0 Å². The summed E-state index contributed by atoms with van der Waals surface area (Å²) in [4.78, 5) is 26.9. The maximum atomic E-state index is 13.3. The Morgan fingerprint density at radius 3 is 1.51 bits per heavy atom. The van der Waals surface area contributed by atoms with Crippen molar-refractivity contribution >= 4 is 17.6 Å². The van der Waals surface area contributed by atoms with E-state index in [1.165, 1.54) is 11.1 Å². The molecule has 0 spiro atoms. The van der Waals surface area contributed by atoms with Gasteiger partial charge in [-0.25, -0.2) is 14.8 Å². The van der Waals surface area contributed by atoms with Crippen LogP contribution in [-0.4, -0.2) is 43.1 Å². The fourth-order valence-electron chi connectivity index (χ4n) is 5.42. The summed E-state index contributed by atoms with van der Waals surface area (Å²) in [6.07, 6.45) is 5.80. The summed E-state index contributed by atoms with van der Waals surface area (Å²) in [5, 5.41) is 0. The van der Waals surface area contributed by atoms with Crippen LogP contribution < -0.4 is 14.5 Å². The predicted molar refractivity (Wildman–Crippen MR) is 168 cm³/mol. The smallest absolute Gasteiger partial charge is 0.343 e. The van der Waals surface area contributed by atoms with Crippen LogP contribution in [0.1, 0.15) is 72.9 Å². The number of benzene rings is 3. The Bertz CT molecular complexity index is 1270. The second-order valence-corrected chi connectivity index (χ2v) is 10.7. The number of carbonyl (C=O) groups is 1. The van der Waals surface area contributed by atoms with Crippen LogP contribution in [0.25, 0.3) is 0 Å². The summed E-state index contributed by atoms with van der Waals surface area (Å²) in [5.74, 6) is 1.80. The van der Waals surface area contributed by atoms with E-state index in [-0.39, 0.29) is 0 Å². The summed E-state index contributed by atoms with van der Waals surface area (Å²) < 4.78 is 6.15. The zero-order chi connectivity index (χ0) is 29.0. The van der Waals surface area contributed by atoms with Crippen molar-refractivity contribution in [1.82, 2.24) is 9.97 Å². The maximum Gasteiger partial charge on any atom is 0.343 e. The van der Waals surface area contributed by atoms with Crippen LogP contribution in [0.3, 0.4) is 0 Å². The van der Waals surface area contributed by atoms with Gasteiger partial charge in [-0.2, -0.15) is 0 Å². The minimum absolute atomic E-state index is 0.312. The van der Waals surface area contributed by atoms with E-state index in [1.54, 1.807) is 18.5 Å². The van der Waals surface area contributed by atoms with Crippen LogP contribution in [0, 0.1) is 0 Å². The average molecular weight is 551 g/mol. The van der Waals surface area contributed by atoms with Crippen molar-refractivity contribution in [2.24, 2.45) is 0 Å². The van der Waals surface area contributed by atoms with Gasteiger partial charge in [0, 0.05) is 39.0 Å². The Morgan fingerprint density at radius 1 is 0.683 bits per heavy atom. The van der Waals surface area contributed by atoms with Crippen LogP contribution in [0.15, 0.2) is 97.3 Å². The van der Waals surface area contributed by atoms with Gasteiger partial charge in [-0.05, 0) is 36.1 Å². The third-order valence-electron chi connectivity index (χ3n) is 7.50. The molecule has 0 saturated heterocycles. The number of rotatable bonds is 14. The van der Waals surface area contributed by atoms with E-state index >= 15 is 0 Å². The largest absolute Gasteiger partial charge is 0.415 e. The Kier molecular flexibility index (Phi) is 10.9. The van der Waals surface area contributed by atoms with Crippen molar-refractivity contribution in [3.63, 3.8) is 0 Å². The Balaban J connectivity index is 1.69. The third-order valence-corrected chi connectivity index (χ3v) is 7.50. The van der Waals surface area contributed by atoms with Gasteiger partial charge in [0.05, 0.1) is 5.56 Å². The number of hydrogen-bond donors (Lipinski definition) is 0. The monoisotopic (exact) mass is 550 g/mol. The summed E-state index contributed by atoms with van der Waals surface area (Å²) in [5.41, 5.74) is 3.07. The number of ether oxygens (including phenoxy) is 1. The van der Waals surface area contributed by atoms with Crippen molar-refractivity contribution in [2.45, 2.75) is 51.4 Å². The molecule has 0 aliphatic carbocycles. The van der Waals surface area contributed by atoms with Crippen LogP contribution in [0.4, 0.5) is 11.6 Å². The number of carbonyl (C=O) groups excluding carboxylic acids is 1. The van der Waals surface area contributed by atoms with Gasteiger partial charge in [0.15, 0.2) is 11.6 Å². The van der Waals surface area contributed by atoms with Crippen molar-refractivity contribution in [2.75, 3.05) is 37.0 Å². The molecule has 2 atom stereocenters. The Morgan fingerprint density at radius 2 is 1.10 bits per heavy atom. The molecular weight excluding hydrogens is 508 g/mol. The van der Waals surface area contributed by atoms with Crippen molar-refractivity contribution in [3.05, 3.63) is 114 Å². The number of nitrogens with zero attached hydrogens (tertiary/aromatic N) is 4. The summed E-state index contributed by atoms with van der Waals surface area (Å²) in [6.45, 7) is 5.88. The molecule has 1 heterocycles. The highest BCUT2D eigenvalue weighted by atomic mass is 16.5. The summed E-state index contributed by atoms with van der Waals surface area (Å²) in [7, 11) is 4.03. The molecule has 6 heteroatoms. The fraction of sp³-hybridized carbons (Fsp3) is 0.343. The van der Waals surface area contributed by atoms with Crippen molar-refractivity contribution < 1.29 is 9.53 Å². The van der Waals surface area contributed by atoms with E-state index in [9.17, 15) is 4.79 Å². The molecule has 4 rings (SSSR count). The zero-order valence-electron chi connectivity index (χ0n) is 24.7. The summed E-state index contributed by atoms with van der Waals surface area (Å²) in [6, 6.07) is 30.2. The Hall–Kier alpha value is -4.19. The van der Waals surface area contributed by atoms with Gasteiger partial charge in [0.1, 0.15) is 6.33 Å². The standard InChI is InChI=1S/C35H42N4O2/c1-5-16-30(27-18-10-7-11-19-27)24-38(3)33-32(41-35(40)29-22-14-9-15-23-29)34(37-26-36-33)39(4)25-31(17-6-2)28-20-12-8-13-21-28/h7-15,18-23,26,30-31H,5-6,16-17,24-25H2,1-4H3. The molecule has 0 aliphatic heterocycles. The molecule has 0 radical (unpaired) electrons. The van der Waals surface area contributed by atoms with E-state index in [4.69, 9.17) is 4.74 Å². The zero-order valence-corrected chi connectivity index (χ0v) is 24.7. The van der Waals surface area contributed by atoms with E-state index in [0.29, 0.717) is 34.8 Å². The van der Waals surface area contributed by atoms with E-state index in [0.717, 1.165) is 38.8 Å². The lowest BCUT2D eigenvalue weighted by molar-refractivity contribution is 0.0735. The number of hydrogen-bond acceptors (Lipinski definition) is 6. The van der Waals surface area contributed by atoms with Gasteiger partial charge in [-0.1, -0.05) is 106 Å². The van der Waals surface area contributed by atoms with Crippen molar-refractivity contribution in [3.8, 4) is 5.75 Å². The molecule has 0 bridgehead atoms. The van der Waals surface area contributed by atoms with Crippen LogP contribution in [0.2, 0.25) is 0 Å². The summed E-state index contributed by atoms with van der Waals surface area (Å²) >= 11 is 0. The van der Waals surface area contributed by atoms with Crippen LogP contribution in [0.5, 0.6) is 5.75 Å². The normalized spacial score (nSPS) is 12.4. The molecule has 4 aromatic rings. The minimum atomic E-state index is -0.425. The maximum absolute atomic E-state index is 13.3. The molecule has 0 fully saturated rings. The van der Waals surface area contributed by atoms with Crippen LogP contribution in [-0.2, 0) is 0 Å². The molecule has 0 N–H and O–H groups in total. The van der Waals surface area contributed by atoms with Gasteiger partial charge in [-0.3, -0.25) is 0 Å². The van der Waals surface area contributed by atoms with E-state index in [2.05, 4.69) is 82.1 Å². The molecule has 214 valence electrons. The number of anilines is 2. The molecular formula is C35H42N4O2. The highest BCUT2D eigenvalue weighted by molar-refractivity contribution is 5.92. The molecule has 0 aliphatic rings. The molecule has 0 saturated carbocycles.